The fourth-order valence-corrected chi connectivity index (χ4v) is 3.65. The third-order valence-electron chi connectivity index (χ3n) is 5.76. The minimum atomic E-state index is -4.50. The van der Waals surface area contributed by atoms with Gasteiger partial charge in [0.1, 0.15) is 12.2 Å². The zero-order valence-corrected chi connectivity index (χ0v) is 21.3. The summed E-state index contributed by atoms with van der Waals surface area (Å²) < 4.78 is 65.2. The van der Waals surface area contributed by atoms with Crippen molar-refractivity contribution in [1.82, 2.24) is 14.8 Å². The first-order valence-electron chi connectivity index (χ1n) is 12.0. The summed E-state index contributed by atoms with van der Waals surface area (Å²) in [7, 11) is 0. The molecule has 0 saturated heterocycles. The minimum Gasteiger partial charge on any atom is -0.304 e. The van der Waals surface area contributed by atoms with Crippen molar-refractivity contribution in [2.45, 2.75) is 59.8 Å². The SMILES string of the molecule is C=Cc1cc2c(c(C(F)(F)F)c1)CN(c1ccccc1)C2=O.CC.CCC(C)Cc1nncn1C(F)F. The van der Waals surface area contributed by atoms with E-state index in [-0.39, 0.29) is 23.2 Å². The topological polar surface area (TPSA) is 51.0 Å². The van der Waals surface area contributed by atoms with E-state index in [0.717, 1.165) is 23.4 Å². The molecule has 1 atom stereocenters. The van der Waals surface area contributed by atoms with Crippen molar-refractivity contribution in [2.75, 3.05) is 4.90 Å². The van der Waals surface area contributed by atoms with Gasteiger partial charge in [-0.15, -0.1) is 10.2 Å². The molecule has 0 bridgehead atoms. The molecule has 0 N–H and O–H groups in total. The summed E-state index contributed by atoms with van der Waals surface area (Å²) >= 11 is 0. The monoisotopic (exact) mass is 522 g/mol. The van der Waals surface area contributed by atoms with E-state index in [1.165, 1.54) is 17.0 Å². The molecular weight excluding hydrogens is 491 g/mol. The Hall–Kier alpha value is -3.56. The second-order valence-electron chi connectivity index (χ2n) is 8.17. The number of anilines is 1. The minimum absolute atomic E-state index is 0.0203. The Morgan fingerprint density at radius 3 is 2.32 bits per heavy atom. The average Bonchev–Trinajstić information content (AvgIpc) is 3.49. The van der Waals surface area contributed by atoms with Crippen molar-refractivity contribution in [3.63, 3.8) is 0 Å². The van der Waals surface area contributed by atoms with Crippen LogP contribution in [0.2, 0.25) is 0 Å². The van der Waals surface area contributed by atoms with Crippen molar-refractivity contribution in [3.05, 3.63) is 83.4 Å². The number of nitrogens with zero attached hydrogens (tertiary/aromatic N) is 4. The summed E-state index contributed by atoms with van der Waals surface area (Å²) in [5.74, 6) is 0.307. The third-order valence-corrected chi connectivity index (χ3v) is 5.76. The maximum atomic E-state index is 13.3. The highest BCUT2D eigenvalue weighted by Crippen LogP contribution is 2.39. The van der Waals surface area contributed by atoms with Crippen LogP contribution in [0, 0.1) is 5.92 Å². The molecule has 3 aromatic rings. The largest absolute Gasteiger partial charge is 0.416 e. The fourth-order valence-electron chi connectivity index (χ4n) is 3.65. The van der Waals surface area contributed by atoms with Gasteiger partial charge in [0.25, 0.3) is 5.91 Å². The number of alkyl halides is 5. The van der Waals surface area contributed by atoms with E-state index < -0.39 is 24.2 Å². The molecule has 0 saturated carbocycles. The van der Waals surface area contributed by atoms with Gasteiger partial charge < -0.3 is 4.90 Å². The number of benzene rings is 2. The number of rotatable bonds is 6. The number of halogens is 5. The van der Waals surface area contributed by atoms with Gasteiger partial charge in [-0.1, -0.05) is 65.0 Å². The lowest BCUT2D eigenvalue weighted by Gasteiger charge is -2.16. The first-order valence-corrected chi connectivity index (χ1v) is 12.0. The molecule has 2 heterocycles. The van der Waals surface area contributed by atoms with E-state index in [4.69, 9.17) is 0 Å². The van der Waals surface area contributed by atoms with Crippen LogP contribution < -0.4 is 4.90 Å². The highest BCUT2D eigenvalue weighted by atomic mass is 19.4. The zero-order chi connectivity index (χ0) is 27.8. The van der Waals surface area contributed by atoms with Crippen LogP contribution in [0.5, 0.6) is 0 Å². The Balaban J connectivity index is 0.000000275. The van der Waals surface area contributed by atoms with Gasteiger partial charge in [0, 0.05) is 17.7 Å². The van der Waals surface area contributed by atoms with Gasteiger partial charge in [0.05, 0.1) is 12.1 Å². The number of hydrogen-bond acceptors (Lipinski definition) is 3. The van der Waals surface area contributed by atoms with Gasteiger partial charge in [-0.3, -0.25) is 9.36 Å². The number of carbonyl (C=O) groups excluding carboxylic acids is 1. The summed E-state index contributed by atoms with van der Waals surface area (Å²) in [5, 5.41) is 7.12. The van der Waals surface area contributed by atoms with Crippen molar-refractivity contribution in [1.29, 1.82) is 0 Å². The summed E-state index contributed by atoms with van der Waals surface area (Å²) in [6.07, 6.45) is -0.608. The Labute approximate surface area is 213 Å². The van der Waals surface area contributed by atoms with Gasteiger partial charge >= 0.3 is 12.7 Å². The van der Waals surface area contributed by atoms with Crippen LogP contribution in [0.4, 0.5) is 27.6 Å². The van der Waals surface area contributed by atoms with Crippen LogP contribution in [0.3, 0.4) is 0 Å². The van der Waals surface area contributed by atoms with E-state index in [1.807, 2.05) is 27.7 Å². The standard InChI is InChI=1S/C17H12F3NO.C8H13F2N3.C2H6/c1-2-11-8-13-14(15(9-11)17(18,19)20)10-21(16(13)22)12-6-4-3-5-7-12;1-3-6(2)4-7-12-11-5-13(7)8(9)10;1-2/h2-9H,1,10H2;5-6,8H,3-4H2,1-2H3;1-2H3. The smallest absolute Gasteiger partial charge is 0.304 e. The zero-order valence-electron chi connectivity index (χ0n) is 21.3. The van der Waals surface area contributed by atoms with Gasteiger partial charge in [-0.2, -0.15) is 22.0 Å². The Morgan fingerprint density at radius 1 is 1.14 bits per heavy atom. The molecule has 2 aromatic carbocycles. The molecule has 10 heteroatoms. The number of hydrogen-bond donors (Lipinski definition) is 0. The van der Waals surface area contributed by atoms with Crippen molar-refractivity contribution < 1.29 is 26.7 Å². The molecule has 4 rings (SSSR count). The normalized spacial score (nSPS) is 13.4. The second-order valence-corrected chi connectivity index (χ2v) is 8.17. The number of aromatic nitrogens is 3. The van der Waals surface area contributed by atoms with E-state index in [9.17, 15) is 26.7 Å². The molecule has 37 heavy (non-hydrogen) atoms. The van der Waals surface area contributed by atoms with Crippen molar-refractivity contribution >= 4 is 17.7 Å². The molecule has 200 valence electrons. The van der Waals surface area contributed by atoms with Crippen molar-refractivity contribution in [3.8, 4) is 0 Å². The molecule has 1 aliphatic rings. The molecule has 5 nitrogen and oxygen atoms in total. The molecule has 0 fully saturated rings. The maximum Gasteiger partial charge on any atom is 0.416 e. The first kappa shape index (κ1) is 29.7. The molecule has 0 spiro atoms. The first-order chi connectivity index (χ1) is 17.6. The summed E-state index contributed by atoms with van der Waals surface area (Å²) in [6, 6.07) is 11.2. The van der Waals surface area contributed by atoms with Gasteiger partial charge in [-0.05, 0) is 41.3 Å². The van der Waals surface area contributed by atoms with Crippen LogP contribution >= 0.6 is 0 Å². The lowest BCUT2D eigenvalue weighted by atomic mass is 9.99. The van der Waals surface area contributed by atoms with Crippen LogP contribution in [0.15, 0.2) is 55.4 Å². The predicted octanol–water partition coefficient (Wildman–Crippen LogP) is 7.80. The summed E-state index contributed by atoms with van der Waals surface area (Å²) in [4.78, 5) is 13.8. The number of para-hydroxylation sites is 1. The molecule has 1 aliphatic heterocycles. The van der Waals surface area contributed by atoms with Crippen LogP contribution in [-0.4, -0.2) is 20.7 Å². The number of carbonyl (C=O) groups is 1. The second kappa shape index (κ2) is 13.1. The van der Waals surface area contributed by atoms with Crippen LogP contribution in [0.25, 0.3) is 6.08 Å². The maximum absolute atomic E-state index is 13.3. The molecule has 1 aromatic heterocycles. The Kier molecular flexibility index (Phi) is 10.5. The highest BCUT2D eigenvalue weighted by molar-refractivity contribution is 6.10. The van der Waals surface area contributed by atoms with Gasteiger partial charge in [0.15, 0.2) is 0 Å². The lowest BCUT2D eigenvalue weighted by molar-refractivity contribution is -0.138. The van der Waals surface area contributed by atoms with Crippen molar-refractivity contribution in [2.24, 2.45) is 5.92 Å². The Bertz CT molecular complexity index is 1180. The van der Waals surface area contributed by atoms with E-state index in [1.54, 1.807) is 30.3 Å². The van der Waals surface area contributed by atoms with Crippen LogP contribution in [0.1, 0.15) is 73.5 Å². The molecule has 1 amide bonds. The van der Waals surface area contributed by atoms with Crippen LogP contribution in [-0.2, 0) is 19.1 Å². The van der Waals surface area contributed by atoms with Gasteiger partial charge in [0.2, 0.25) is 0 Å². The lowest BCUT2D eigenvalue weighted by Crippen LogP contribution is -2.22. The molecule has 0 aliphatic carbocycles. The van der Waals surface area contributed by atoms with E-state index in [0.29, 0.717) is 23.9 Å². The molecular formula is C27H31F5N4O. The number of amides is 1. The third kappa shape index (κ3) is 7.24. The number of fused-ring (bicyclic) bond motifs is 1. The average molecular weight is 523 g/mol. The highest BCUT2D eigenvalue weighted by Gasteiger charge is 2.40. The predicted molar refractivity (Wildman–Crippen MR) is 134 cm³/mol. The van der Waals surface area contributed by atoms with E-state index in [2.05, 4.69) is 16.8 Å². The Morgan fingerprint density at radius 2 is 1.78 bits per heavy atom. The molecule has 0 radical (unpaired) electrons. The quantitative estimate of drug-likeness (QED) is 0.311. The summed E-state index contributed by atoms with van der Waals surface area (Å²) in [5.41, 5.74) is 0.207. The van der Waals surface area contributed by atoms with Gasteiger partial charge in [-0.25, -0.2) is 0 Å². The fraction of sp³-hybridized carbons (Fsp3) is 0.370. The molecule has 1 unspecified atom stereocenters. The summed E-state index contributed by atoms with van der Waals surface area (Å²) in [6.45, 7) is 8.90. The van der Waals surface area contributed by atoms with E-state index >= 15 is 0 Å².